The van der Waals surface area contributed by atoms with Gasteiger partial charge in [-0.2, -0.15) is 0 Å². The lowest BCUT2D eigenvalue weighted by atomic mass is 10.0. The first kappa shape index (κ1) is 19.3. The minimum Gasteiger partial charge on any atom is -0.466 e. The number of nitrogens with zero attached hydrogens (tertiary/aromatic N) is 1. The Morgan fingerprint density at radius 1 is 1.26 bits per heavy atom. The zero-order valence-corrected chi connectivity index (χ0v) is 16.6. The maximum absolute atomic E-state index is 11.5. The van der Waals surface area contributed by atoms with Crippen LogP contribution in [0.25, 0.3) is 22.6 Å². The second-order valence-corrected chi connectivity index (χ2v) is 7.13. The maximum Gasteiger partial charge on any atom is 0.330 e. The second kappa shape index (κ2) is 8.03. The number of methoxy groups -OCH3 is 1. The zero-order chi connectivity index (χ0) is 19.6. The summed E-state index contributed by atoms with van der Waals surface area (Å²) in [4.78, 5) is 11.5. The van der Waals surface area contributed by atoms with Crippen LogP contribution in [0.3, 0.4) is 0 Å². The number of hydrogen-bond acceptors (Lipinski definition) is 2. The summed E-state index contributed by atoms with van der Waals surface area (Å²) >= 11 is 12.4. The summed E-state index contributed by atoms with van der Waals surface area (Å²) < 4.78 is 6.82. The molecule has 0 aliphatic rings. The standard InChI is InChI=1S/C22H19Cl2NO2/c1-14(2)19-13-25(12-16-7-9-17(23)11-20(16)24)22-15(5-4-6-18(19)22)8-10-21(26)27-3/h4-11,13H,1,12H2,2-3H3. The van der Waals surface area contributed by atoms with E-state index in [2.05, 4.69) is 23.4 Å². The molecule has 27 heavy (non-hydrogen) atoms. The Hall–Kier alpha value is -2.49. The van der Waals surface area contributed by atoms with Gasteiger partial charge in [-0.25, -0.2) is 4.79 Å². The molecule has 0 fully saturated rings. The van der Waals surface area contributed by atoms with Gasteiger partial charge < -0.3 is 9.30 Å². The first-order valence-electron chi connectivity index (χ1n) is 8.38. The molecule has 3 aromatic rings. The highest BCUT2D eigenvalue weighted by Crippen LogP contribution is 2.31. The normalized spacial score (nSPS) is 11.3. The number of carbonyl (C=O) groups is 1. The molecule has 0 aliphatic heterocycles. The number of halogens is 2. The molecule has 0 atom stereocenters. The smallest absolute Gasteiger partial charge is 0.330 e. The number of carbonyl (C=O) groups excluding carboxylic acids is 1. The number of benzene rings is 2. The molecule has 5 heteroatoms. The molecule has 0 amide bonds. The number of hydrogen-bond donors (Lipinski definition) is 0. The highest BCUT2D eigenvalue weighted by molar-refractivity contribution is 6.35. The summed E-state index contributed by atoms with van der Waals surface area (Å²) in [5.41, 5.74) is 4.90. The lowest BCUT2D eigenvalue weighted by molar-refractivity contribution is -0.134. The predicted octanol–water partition coefficient (Wildman–Crippen LogP) is 6.22. The van der Waals surface area contributed by atoms with Crippen molar-refractivity contribution in [2.75, 3.05) is 7.11 Å². The second-order valence-electron chi connectivity index (χ2n) is 6.29. The molecule has 0 N–H and O–H groups in total. The third-order valence-corrected chi connectivity index (χ3v) is 4.93. The van der Waals surface area contributed by atoms with Crippen molar-refractivity contribution in [1.29, 1.82) is 0 Å². The van der Waals surface area contributed by atoms with Gasteiger partial charge in [-0.15, -0.1) is 0 Å². The Balaban J connectivity index is 2.17. The quantitative estimate of drug-likeness (QED) is 0.376. The van der Waals surface area contributed by atoms with Gasteiger partial charge in [0.25, 0.3) is 0 Å². The summed E-state index contributed by atoms with van der Waals surface area (Å²) in [6, 6.07) is 11.5. The van der Waals surface area contributed by atoms with Crippen molar-refractivity contribution in [3.63, 3.8) is 0 Å². The molecule has 0 spiro atoms. The van der Waals surface area contributed by atoms with Crippen molar-refractivity contribution in [3.8, 4) is 0 Å². The van der Waals surface area contributed by atoms with Gasteiger partial charge in [0.15, 0.2) is 0 Å². The van der Waals surface area contributed by atoms with Crippen molar-refractivity contribution >= 4 is 51.7 Å². The van der Waals surface area contributed by atoms with Crippen LogP contribution in [-0.4, -0.2) is 17.6 Å². The van der Waals surface area contributed by atoms with E-state index >= 15 is 0 Å². The fourth-order valence-corrected chi connectivity index (χ4v) is 3.52. The molecule has 1 aromatic heterocycles. The van der Waals surface area contributed by atoms with E-state index in [-0.39, 0.29) is 0 Å². The van der Waals surface area contributed by atoms with E-state index in [1.54, 1.807) is 12.1 Å². The minimum atomic E-state index is -0.397. The Bertz CT molecular complexity index is 1060. The number of rotatable bonds is 5. The van der Waals surface area contributed by atoms with Crippen LogP contribution >= 0.6 is 23.2 Å². The third kappa shape index (κ3) is 4.10. The molecule has 3 nitrogen and oxygen atoms in total. The van der Waals surface area contributed by atoms with Gasteiger partial charge in [0.05, 0.1) is 12.6 Å². The van der Waals surface area contributed by atoms with Crippen molar-refractivity contribution in [1.82, 2.24) is 4.57 Å². The van der Waals surface area contributed by atoms with E-state index in [4.69, 9.17) is 27.9 Å². The number of fused-ring (bicyclic) bond motifs is 1. The van der Waals surface area contributed by atoms with E-state index in [9.17, 15) is 4.79 Å². The van der Waals surface area contributed by atoms with Crippen LogP contribution in [0.2, 0.25) is 10.0 Å². The van der Waals surface area contributed by atoms with Gasteiger partial charge in [0, 0.05) is 39.8 Å². The fraction of sp³-hybridized carbons (Fsp3) is 0.136. The molecular weight excluding hydrogens is 381 g/mol. The first-order valence-corrected chi connectivity index (χ1v) is 9.14. The van der Waals surface area contributed by atoms with Gasteiger partial charge in [-0.1, -0.05) is 54.0 Å². The SMILES string of the molecule is C=C(C)c1cn(Cc2ccc(Cl)cc2Cl)c2c(C=CC(=O)OC)cccc12. The average Bonchev–Trinajstić information content (AvgIpc) is 3.01. The van der Waals surface area contributed by atoms with E-state index in [1.807, 2.05) is 31.2 Å². The number of esters is 1. The topological polar surface area (TPSA) is 31.2 Å². The van der Waals surface area contributed by atoms with Crippen LogP contribution in [0.1, 0.15) is 23.6 Å². The largest absolute Gasteiger partial charge is 0.466 e. The lowest BCUT2D eigenvalue weighted by Crippen LogP contribution is -2.00. The van der Waals surface area contributed by atoms with Crippen molar-refractivity contribution < 1.29 is 9.53 Å². The average molecular weight is 400 g/mol. The van der Waals surface area contributed by atoms with Gasteiger partial charge in [-0.05, 0) is 41.8 Å². The third-order valence-electron chi connectivity index (χ3n) is 4.35. The van der Waals surface area contributed by atoms with Crippen LogP contribution in [0.4, 0.5) is 0 Å². The Kier molecular flexibility index (Phi) is 5.73. The van der Waals surface area contributed by atoms with Gasteiger partial charge in [-0.3, -0.25) is 0 Å². The minimum absolute atomic E-state index is 0.397. The summed E-state index contributed by atoms with van der Waals surface area (Å²) in [6.45, 7) is 6.64. The molecule has 0 saturated carbocycles. The molecule has 3 rings (SSSR count). The maximum atomic E-state index is 11.5. The molecule has 0 radical (unpaired) electrons. The van der Waals surface area contributed by atoms with Crippen LogP contribution in [0, 0.1) is 0 Å². The van der Waals surface area contributed by atoms with Crippen molar-refractivity contribution in [2.24, 2.45) is 0 Å². The van der Waals surface area contributed by atoms with Gasteiger partial charge in [0.2, 0.25) is 0 Å². The van der Waals surface area contributed by atoms with Crippen LogP contribution in [-0.2, 0) is 16.1 Å². The molecule has 0 bridgehead atoms. The molecule has 138 valence electrons. The molecule has 2 aromatic carbocycles. The van der Waals surface area contributed by atoms with Crippen LogP contribution < -0.4 is 0 Å². The highest BCUT2D eigenvalue weighted by atomic mass is 35.5. The summed E-state index contributed by atoms with van der Waals surface area (Å²) in [5.74, 6) is -0.397. The molecule has 0 saturated heterocycles. The van der Waals surface area contributed by atoms with Crippen molar-refractivity contribution in [3.05, 3.63) is 82.0 Å². The Labute approximate surface area is 168 Å². The van der Waals surface area contributed by atoms with E-state index < -0.39 is 5.97 Å². The van der Waals surface area contributed by atoms with E-state index in [0.717, 1.165) is 33.2 Å². The summed E-state index contributed by atoms with van der Waals surface area (Å²) in [6.07, 6.45) is 5.24. The molecule has 0 aliphatic carbocycles. The van der Waals surface area contributed by atoms with Gasteiger partial charge in [0.1, 0.15) is 0 Å². The number of aromatic nitrogens is 1. The number of para-hydroxylation sites is 1. The summed E-state index contributed by atoms with van der Waals surface area (Å²) in [5, 5.41) is 2.29. The van der Waals surface area contributed by atoms with Gasteiger partial charge >= 0.3 is 5.97 Å². The Morgan fingerprint density at radius 2 is 2.04 bits per heavy atom. The lowest BCUT2D eigenvalue weighted by Gasteiger charge is -2.10. The van der Waals surface area contributed by atoms with E-state index in [1.165, 1.54) is 13.2 Å². The van der Waals surface area contributed by atoms with Crippen LogP contribution in [0.5, 0.6) is 0 Å². The highest BCUT2D eigenvalue weighted by Gasteiger charge is 2.13. The van der Waals surface area contributed by atoms with Crippen LogP contribution in [0.15, 0.2) is 55.3 Å². The fourth-order valence-electron chi connectivity index (χ4n) is 3.05. The predicted molar refractivity (Wildman–Crippen MR) is 113 cm³/mol. The number of allylic oxidation sites excluding steroid dienone is 1. The first-order chi connectivity index (χ1) is 12.9. The molecular formula is C22H19Cl2NO2. The van der Waals surface area contributed by atoms with E-state index in [0.29, 0.717) is 16.6 Å². The molecule has 0 unspecified atom stereocenters. The monoisotopic (exact) mass is 399 g/mol. The molecule has 1 heterocycles. The zero-order valence-electron chi connectivity index (χ0n) is 15.1. The van der Waals surface area contributed by atoms with Crippen molar-refractivity contribution in [2.45, 2.75) is 13.5 Å². The Morgan fingerprint density at radius 3 is 2.70 bits per heavy atom. The number of ether oxygens (including phenoxy) is 1. The summed E-state index contributed by atoms with van der Waals surface area (Å²) in [7, 11) is 1.36.